The number of allylic oxidation sites excluding steroid dienone is 2. The Hall–Kier alpha value is -3.72. The highest BCUT2D eigenvalue weighted by molar-refractivity contribution is 7.16. The van der Waals surface area contributed by atoms with Crippen molar-refractivity contribution in [3.63, 3.8) is 0 Å². The molecule has 0 bridgehead atoms. The Labute approximate surface area is 294 Å². The van der Waals surface area contributed by atoms with Crippen LogP contribution in [0.2, 0.25) is 0 Å². The van der Waals surface area contributed by atoms with Crippen LogP contribution in [0.3, 0.4) is 0 Å². The van der Waals surface area contributed by atoms with Gasteiger partial charge in [0.05, 0.1) is 10.4 Å². The van der Waals surface area contributed by atoms with Gasteiger partial charge >= 0.3 is 6.18 Å². The minimum Gasteiger partial charge on any atom is -0.398 e. The van der Waals surface area contributed by atoms with Crippen LogP contribution in [0, 0.1) is 5.41 Å². The average Bonchev–Trinajstić information content (AvgIpc) is 3.50. The van der Waals surface area contributed by atoms with Crippen molar-refractivity contribution in [2.24, 2.45) is 17.0 Å². The third-order valence-corrected chi connectivity index (χ3v) is 7.66. The number of amides is 2. The molecule has 7 N–H and O–H groups in total. The van der Waals surface area contributed by atoms with Crippen molar-refractivity contribution in [2.75, 3.05) is 51.0 Å². The molecule has 14 heteroatoms. The van der Waals surface area contributed by atoms with Gasteiger partial charge in [-0.1, -0.05) is 82.8 Å². The van der Waals surface area contributed by atoms with Crippen molar-refractivity contribution in [1.29, 1.82) is 0 Å². The van der Waals surface area contributed by atoms with E-state index in [1.54, 1.807) is 24.2 Å². The monoisotopic (exact) mass is 710 g/mol. The van der Waals surface area contributed by atoms with Crippen molar-refractivity contribution in [2.45, 2.75) is 74.0 Å². The zero-order chi connectivity index (χ0) is 37.9. The fourth-order valence-corrected chi connectivity index (χ4v) is 4.35. The van der Waals surface area contributed by atoms with Crippen LogP contribution < -0.4 is 32.5 Å². The lowest BCUT2D eigenvalue weighted by atomic mass is 9.96. The number of nitrogens with zero attached hydrogens (tertiary/aromatic N) is 3. The molecule has 0 aliphatic rings. The molecule has 49 heavy (non-hydrogen) atoms. The quantitative estimate of drug-likeness (QED) is 0.0846. The van der Waals surface area contributed by atoms with Crippen molar-refractivity contribution in [3.05, 3.63) is 70.3 Å². The number of nitrogens with two attached hydrogens (primary N) is 2. The zero-order valence-electron chi connectivity index (χ0n) is 30.8. The van der Waals surface area contributed by atoms with E-state index in [0.717, 1.165) is 28.2 Å². The van der Waals surface area contributed by atoms with Crippen LogP contribution in [0.25, 0.3) is 5.70 Å². The molecule has 1 aromatic carbocycles. The number of aromatic nitrogens is 1. The molecular formula is C35H57F3N8O2S. The molecule has 0 fully saturated rings. The second kappa shape index (κ2) is 22.1. The van der Waals surface area contributed by atoms with Gasteiger partial charge in [-0.05, 0) is 51.2 Å². The highest BCUT2D eigenvalue weighted by Crippen LogP contribution is 2.33. The highest BCUT2D eigenvalue weighted by Gasteiger charge is 2.31. The lowest BCUT2D eigenvalue weighted by molar-refractivity contribution is -0.137. The van der Waals surface area contributed by atoms with Crippen molar-refractivity contribution in [1.82, 2.24) is 20.6 Å². The van der Waals surface area contributed by atoms with Gasteiger partial charge in [-0.3, -0.25) is 20.9 Å². The molecule has 10 nitrogen and oxygen atoms in total. The maximum atomic E-state index is 13.4. The van der Waals surface area contributed by atoms with Gasteiger partial charge < -0.3 is 26.2 Å². The van der Waals surface area contributed by atoms with E-state index in [9.17, 15) is 22.8 Å². The van der Waals surface area contributed by atoms with E-state index in [1.165, 1.54) is 11.3 Å². The Bertz CT molecular complexity index is 1400. The van der Waals surface area contributed by atoms with Gasteiger partial charge in [-0.25, -0.2) is 4.98 Å². The molecule has 0 radical (unpaired) electrons. The van der Waals surface area contributed by atoms with Crippen molar-refractivity contribution < 1.29 is 22.8 Å². The number of halogens is 3. The number of hydrogen-bond donors (Lipinski definition) is 5. The number of carbonyl (C=O) groups is 2. The molecule has 2 amide bonds. The van der Waals surface area contributed by atoms with E-state index in [0.29, 0.717) is 48.1 Å². The van der Waals surface area contributed by atoms with Gasteiger partial charge in [-0.15, -0.1) is 0 Å². The summed E-state index contributed by atoms with van der Waals surface area (Å²) in [6.07, 6.45) is 1.80. The molecule has 0 saturated carbocycles. The molecule has 2 rings (SSSR count). The van der Waals surface area contributed by atoms with E-state index >= 15 is 0 Å². The van der Waals surface area contributed by atoms with Crippen LogP contribution in [0.15, 0.2) is 54.3 Å². The Morgan fingerprint density at radius 1 is 1.06 bits per heavy atom. The third-order valence-electron chi connectivity index (χ3n) is 6.67. The maximum Gasteiger partial charge on any atom is 0.416 e. The summed E-state index contributed by atoms with van der Waals surface area (Å²) in [5.74, 6) is 4.99. The molecule has 0 unspecified atom stereocenters. The molecule has 0 aliphatic carbocycles. The number of likely N-dealkylation sites (N-methyl/N-ethyl adjacent to an activating group) is 2. The lowest BCUT2D eigenvalue weighted by Crippen LogP contribution is -2.29. The predicted octanol–water partition coefficient (Wildman–Crippen LogP) is 6.54. The van der Waals surface area contributed by atoms with E-state index in [2.05, 4.69) is 27.6 Å². The fourth-order valence-electron chi connectivity index (χ4n) is 3.66. The van der Waals surface area contributed by atoms with Crippen LogP contribution in [0.1, 0.15) is 77.3 Å². The number of benzene rings is 1. The number of anilines is 2. The summed E-state index contributed by atoms with van der Waals surface area (Å²) in [7, 11) is 5.58. The van der Waals surface area contributed by atoms with Crippen molar-refractivity contribution >= 4 is 39.7 Å². The van der Waals surface area contributed by atoms with Crippen LogP contribution in [-0.4, -0.2) is 62.5 Å². The molecular weight excluding hydrogens is 654 g/mol. The van der Waals surface area contributed by atoms with Crippen molar-refractivity contribution in [3.8, 4) is 0 Å². The molecule has 276 valence electrons. The van der Waals surface area contributed by atoms with Gasteiger partial charge in [0.25, 0.3) is 0 Å². The van der Waals surface area contributed by atoms with Gasteiger partial charge in [0, 0.05) is 62.6 Å². The normalized spacial score (nSPS) is 12.0. The maximum absolute atomic E-state index is 13.4. The summed E-state index contributed by atoms with van der Waals surface area (Å²) in [4.78, 5) is 32.6. The van der Waals surface area contributed by atoms with Gasteiger partial charge in [-0.2, -0.15) is 13.2 Å². The Kier molecular flexibility index (Phi) is 20.4. The van der Waals surface area contributed by atoms with E-state index in [-0.39, 0.29) is 24.8 Å². The number of rotatable bonds is 14. The molecule has 0 spiro atoms. The number of alkyl halides is 3. The average molecular weight is 711 g/mol. The summed E-state index contributed by atoms with van der Waals surface area (Å²) in [6, 6.07) is 3.92. The largest absolute Gasteiger partial charge is 0.416 e. The summed E-state index contributed by atoms with van der Waals surface area (Å²) in [5, 5.41) is 6.03. The SMILES string of the molecule is C=C(N)c1cnc(NC(=O)C(C)(C)C)s1.CC.CC/C(=C\C=C(\C)CNN)CC(=O)NCc1cc(N(C)CCN(C)C)cc(C(F)(F)F)c1. The molecule has 1 aromatic heterocycles. The molecule has 0 atom stereocenters. The first-order valence-corrected chi connectivity index (χ1v) is 16.9. The van der Waals surface area contributed by atoms with Crippen LogP contribution in [0.5, 0.6) is 0 Å². The predicted molar refractivity (Wildman–Crippen MR) is 199 cm³/mol. The lowest BCUT2D eigenvalue weighted by Gasteiger charge is -2.23. The molecule has 2 aromatic rings. The zero-order valence-corrected chi connectivity index (χ0v) is 31.6. The highest BCUT2D eigenvalue weighted by atomic mass is 32.1. The molecule has 1 heterocycles. The van der Waals surface area contributed by atoms with Gasteiger partial charge in [0.15, 0.2) is 5.13 Å². The topological polar surface area (TPSA) is 142 Å². The Balaban J connectivity index is 0.00000113. The van der Waals surface area contributed by atoms with Crippen LogP contribution in [0.4, 0.5) is 24.0 Å². The number of hydrazine groups is 1. The van der Waals surface area contributed by atoms with Gasteiger partial charge in [0.2, 0.25) is 11.8 Å². The second-order valence-corrected chi connectivity index (χ2v) is 13.4. The summed E-state index contributed by atoms with van der Waals surface area (Å²) < 4.78 is 40.2. The second-order valence-electron chi connectivity index (χ2n) is 12.4. The minimum absolute atomic E-state index is 0.0280. The van der Waals surface area contributed by atoms with E-state index in [4.69, 9.17) is 11.6 Å². The Morgan fingerprint density at radius 2 is 1.69 bits per heavy atom. The van der Waals surface area contributed by atoms with Gasteiger partial charge in [0.1, 0.15) is 0 Å². The van der Waals surface area contributed by atoms with E-state index in [1.807, 2.05) is 79.6 Å². The fraction of sp³-hybridized carbons (Fsp3) is 0.514. The first kappa shape index (κ1) is 45.3. The van der Waals surface area contributed by atoms with Crippen LogP contribution in [-0.2, 0) is 22.3 Å². The standard InChI is InChI=1S/C23H36F3N5O.C10H15N3OS.C2H6/c1-6-18(8-7-17(2)15-29-27)13-22(32)28-16-19-11-20(23(24,25)26)14-21(12-19)31(5)10-9-30(3)4;1-6(11)7-5-12-9(15-7)13-8(14)10(2,3)4;1-2/h7-8,11-12,14,29H,6,9-10,13,15-16,27H2,1-5H3,(H,28,32);5H,1,11H2,2-4H3,(H,12,13,14);1-2H3/b17-7-,18-8+;;. The Morgan fingerprint density at radius 3 is 2.18 bits per heavy atom. The molecule has 0 saturated heterocycles. The summed E-state index contributed by atoms with van der Waals surface area (Å²) >= 11 is 1.32. The third kappa shape index (κ3) is 18.6. The number of thiazole rings is 1. The first-order valence-electron chi connectivity index (χ1n) is 16.1. The summed E-state index contributed by atoms with van der Waals surface area (Å²) in [5.41, 5.74) is 10.2. The smallest absolute Gasteiger partial charge is 0.398 e. The molecule has 0 aliphatic heterocycles. The number of nitrogens with one attached hydrogen (secondary N) is 3. The number of carbonyl (C=O) groups excluding carboxylic acids is 2. The van der Waals surface area contributed by atoms with E-state index < -0.39 is 17.2 Å². The minimum atomic E-state index is -4.46. The number of hydrogen-bond acceptors (Lipinski definition) is 9. The first-order chi connectivity index (χ1) is 22.8. The summed E-state index contributed by atoms with van der Waals surface area (Å²) in [6.45, 7) is 18.9. The van der Waals surface area contributed by atoms with Crippen LogP contribution >= 0.6 is 11.3 Å².